The van der Waals surface area contributed by atoms with Gasteiger partial charge in [0, 0.05) is 38.3 Å². The molecule has 0 unspecified atom stereocenters. The van der Waals surface area contributed by atoms with E-state index in [9.17, 15) is 9.18 Å². The lowest BCUT2D eigenvalue weighted by Gasteiger charge is -2.46. The number of piperidine rings is 1. The number of halogens is 1. The molecule has 4 aliphatic rings. The van der Waals surface area contributed by atoms with E-state index < -0.39 is 17.4 Å². The average Bonchev–Trinajstić information content (AvgIpc) is 3.76. The molecule has 12 heteroatoms. The summed E-state index contributed by atoms with van der Waals surface area (Å²) < 4.78 is 24.7. The van der Waals surface area contributed by atoms with Crippen LogP contribution in [0.15, 0.2) is 41.6 Å². The number of hydrogen-bond acceptors (Lipinski definition) is 9. The van der Waals surface area contributed by atoms with Crippen molar-refractivity contribution >= 4 is 23.7 Å². The Bertz CT molecular complexity index is 1450. The molecular formula is C33H40FN3O8. The molecule has 0 amide bonds. The van der Waals surface area contributed by atoms with Crippen molar-refractivity contribution in [3.8, 4) is 16.9 Å². The number of carboxylic acid groups (broad SMARTS) is 2. The molecule has 2 saturated heterocycles. The fourth-order valence-corrected chi connectivity index (χ4v) is 6.30. The highest BCUT2D eigenvalue weighted by atomic mass is 19.1. The molecule has 0 aromatic heterocycles. The van der Waals surface area contributed by atoms with Crippen LogP contribution in [0, 0.1) is 11.2 Å². The van der Waals surface area contributed by atoms with E-state index in [1.54, 1.807) is 7.11 Å². The molecule has 0 atom stereocenters. The first-order chi connectivity index (χ1) is 21.5. The van der Waals surface area contributed by atoms with Crippen LogP contribution in [0.2, 0.25) is 0 Å². The molecule has 45 heavy (non-hydrogen) atoms. The lowest BCUT2D eigenvalue weighted by Crippen LogP contribution is -2.61. The lowest BCUT2D eigenvalue weighted by atomic mass is 9.80. The topological polar surface area (TPSA) is 138 Å². The van der Waals surface area contributed by atoms with Gasteiger partial charge in [-0.05, 0) is 86.4 Å². The van der Waals surface area contributed by atoms with Gasteiger partial charge in [-0.3, -0.25) is 9.69 Å². The minimum atomic E-state index is -1.82. The summed E-state index contributed by atoms with van der Waals surface area (Å²) in [7, 11) is 1.72. The van der Waals surface area contributed by atoms with Crippen LogP contribution >= 0.6 is 0 Å². The van der Waals surface area contributed by atoms with E-state index >= 15 is 0 Å². The molecule has 6 rings (SSSR count). The second-order valence-corrected chi connectivity index (χ2v) is 12.5. The quantitative estimate of drug-likeness (QED) is 0.334. The van der Waals surface area contributed by atoms with Crippen LogP contribution in [0.3, 0.4) is 0 Å². The van der Waals surface area contributed by atoms with E-state index in [-0.39, 0.29) is 17.4 Å². The Balaban J connectivity index is 0.000000609. The van der Waals surface area contributed by atoms with Gasteiger partial charge in [-0.25, -0.2) is 14.0 Å². The number of likely N-dealkylation sites (tertiary alicyclic amines) is 2. The highest BCUT2D eigenvalue weighted by Gasteiger charge is 2.51. The Morgan fingerprint density at radius 2 is 1.71 bits per heavy atom. The van der Waals surface area contributed by atoms with Gasteiger partial charge in [-0.15, -0.1) is 0 Å². The van der Waals surface area contributed by atoms with E-state index in [0.717, 1.165) is 74.7 Å². The number of methoxy groups -OCH3 is 1. The third-order valence-electron chi connectivity index (χ3n) is 9.05. The maximum atomic E-state index is 13.5. The van der Waals surface area contributed by atoms with E-state index in [2.05, 4.69) is 27.1 Å². The molecule has 3 heterocycles. The average molecular weight is 626 g/mol. The number of aliphatic carboxylic acids is 2. The van der Waals surface area contributed by atoms with E-state index in [1.165, 1.54) is 36.1 Å². The zero-order chi connectivity index (χ0) is 32.4. The number of esters is 1. The first kappa shape index (κ1) is 32.2. The van der Waals surface area contributed by atoms with Crippen molar-refractivity contribution in [3.05, 3.63) is 53.3 Å². The molecule has 0 radical (unpaired) electrons. The third kappa shape index (κ3) is 7.22. The monoisotopic (exact) mass is 625 g/mol. The Kier molecular flexibility index (Phi) is 9.33. The molecule has 3 fully saturated rings. The van der Waals surface area contributed by atoms with Crippen molar-refractivity contribution in [3.63, 3.8) is 0 Å². The summed E-state index contributed by atoms with van der Waals surface area (Å²) in [6, 6.07) is 11.2. The fourth-order valence-electron chi connectivity index (χ4n) is 6.30. The van der Waals surface area contributed by atoms with Crippen LogP contribution in [-0.4, -0.2) is 89.3 Å². The molecule has 242 valence electrons. The predicted molar refractivity (Wildman–Crippen MR) is 162 cm³/mol. The summed E-state index contributed by atoms with van der Waals surface area (Å²) in [5.74, 6) is -1.54. The molecule has 1 spiro atoms. The van der Waals surface area contributed by atoms with Gasteiger partial charge in [0.05, 0.1) is 25.6 Å². The van der Waals surface area contributed by atoms with Gasteiger partial charge >= 0.3 is 17.9 Å². The summed E-state index contributed by atoms with van der Waals surface area (Å²) in [6.45, 7) is 8.28. The van der Waals surface area contributed by atoms with Gasteiger partial charge in [0.25, 0.3) is 0 Å². The summed E-state index contributed by atoms with van der Waals surface area (Å²) >= 11 is 0. The van der Waals surface area contributed by atoms with Crippen molar-refractivity contribution in [2.24, 2.45) is 10.6 Å². The van der Waals surface area contributed by atoms with Gasteiger partial charge in [-0.1, -0.05) is 17.3 Å². The number of oxime groups is 1. The highest BCUT2D eigenvalue weighted by Crippen LogP contribution is 2.47. The predicted octanol–water partition coefficient (Wildman–Crippen LogP) is 4.49. The Labute approximate surface area is 261 Å². The third-order valence-corrected chi connectivity index (χ3v) is 9.05. The lowest BCUT2D eigenvalue weighted by molar-refractivity contribution is -0.159. The number of carbonyl (C=O) groups excluding carboxylic acids is 1. The number of rotatable bonds is 7. The second-order valence-electron chi connectivity index (χ2n) is 12.5. The molecule has 3 aliphatic heterocycles. The van der Waals surface area contributed by atoms with Crippen LogP contribution in [0.1, 0.15) is 63.0 Å². The normalized spacial score (nSPS) is 19.8. The molecule has 1 aliphatic carbocycles. The molecule has 2 aromatic rings. The maximum Gasteiger partial charge on any atom is 0.414 e. The van der Waals surface area contributed by atoms with E-state index in [1.807, 2.05) is 26.0 Å². The second kappa shape index (κ2) is 13.0. The van der Waals surface area contributed by atoms with Gasteiger partial charge in [0.1, 0.15) is 17.4 Å². The maximum absolute atomic E-state index is 13.5. The van der Waals surface area contributed by atoms with Crippen LogP contribution < -0.4 is 4.74 Å². The molecule has 1 saturated carbocycles. The first-order valence-electron chi connectivity index (χ1n) is 15.3. The van der Waals surface area contributed by atoms with Gasteiger partial charge in [0.15, 0.2) is 5.60 Å². The van der Waals surface area contributed by atoms with Gasteiger partial charge < -0.3 is 29.4 Å². The smallest absolute Gasteiger partial charge is 0.414 e. The number of benzene rings is 2. The van der Waals surface area contributed by atoms with Crippen LogP contribution in [-0.2, 0) is 30.5 Å². The van der Waals surface area contributed by atoms with Gasteiger partial charge in [0.2, 0.25) is 0 Å². The summed E-state index contributed by atoms with van der Waals surface area (Å²) in [5.41, 5.74) is 3.98. The van der Waals surface area contributed by atoms with Crippen molar-refractivity contribution < 1.29 is 43.3 Å². The SMILES string of the molecule is CCOC(=O)C1(C)CCN(C2=NOC3(C2)CN(Cc2cc(C4CC4)c(-c4ccc(F)cc4)cc2OC)C3)CC1.O=C(O)C(=O)O. The number of ether oxygens (including phenoxy) is 2. The molecule has 0 bridgehead atoms. The number of carbonyl (C=O) groups is 3. The fraction of sp³-hybridized carbons (Fsp3) is 0.515. The number of hydrogen-bond donors (Lipinski definition) is 2. The standard InChI is InChI=1S/C31H38FN3O4.C2H2O4/c1-4-38-29(36)30(2)11-13-35(14-12-30)28-17-31(39-33-28)19-34(20-31)18-23-15-25(21-5-6-21)26(16-27(23)37-3)22-7-9-24(32)10-8-22;3-1(4)2(5)6/h7-10,15-16,21H,4-6,11-14,17-20H2,1-3H3;(H,3,4)(H,5,6). The van der Waals surface area contributed by atoms with E-state index in [4.69, 9.17) is 34.1 Å². The summed E-state index contributed by atoms with van der Waals surface area (Å²) in [4.78, 5) is 41.3. The number of carboxylic acids is 2. The zero-order valence-corrected chi connectivity index (χ0v) is 25.9. The van der Waals surface area contributed by atoms with Crippen LogP contribution in [0.25, 0.3) is 11.1 Å². The van der Waals surface area contributed by atoms with Crippen molar-refractivity contribution in [1.82, 2.24) is 9.80 Å². The minimum absolute atomic E-state index is 0.0914. The van der Waals surface area contributed by atoms with Crippen LogP contribution in [0.5, 0.6) is 5.75 Å². The minimum Gasteiger partial charge on any atom is -0.496 e. The van der Waals surface area contributed by atoms with Gasteiger partial charge in [-0.2, -0.15) is 0 Å². The largest absolute Gasteiger partial charge is 0.496 e. The molecule has 11 nitrogen and oxygen atoms in total. The van der Waals surface area contributed by atoms with Crippen molar-refractivity contribution in [2.45, 2.75) is 64.0 Å². The Morgan fingerprint density at radius 1 is 1.07 bits per heavy atom. The zero-order valence-electron chi connectivity index (χ0n) is 25.9. The number of amidine groups is 1. The molecule has 2 N–H and O–H groups in total. The highest BCUT2D eigenvalue weighted by molar-refractivity contribution is 6.27. The first-order valence-corrected chi connectivity index (χ1v) is 15.3. The molecular weight excluding hydrogens is 585 g/mol. The summed E-state index contributed by atoms with van der Waals surface area (Å²) in [6.07, 6.45) is 4.71. The Hall–Kier alpha value is -4.19. The van der Waals surface area contributed by atoms with Crippen molar-refractivity contribution in [2.75, 3.05) is 39.9 Å². The molecule has 2 aromatic carbocycles. The Morgan fingerprint density at radius 3 is 2.27 bits per heavy atom. The number of nitrogens with zero attached hydrogens (tertiary/aromatic N) is 3. The van der Waals surface area contributed by atoms with Crippen LogP contribution in [0.4, 0.5) is 4.39 Å². The van der Waals surface area contributed by atoms with E-state index in [0.29, 0.717) is 12.5 Å². The summed E-state index contributed by atoms with van der Waals surface area (Å²) in [5, 5.41) is 19.3. The van der Waals surface area contributed by atoms with Crippen molar-refractivity contribution in [1.29, 1.82) is 0 Å².